The fourth-order valence-electron chi connectivity index (χ4n) is 6.43. The molecule has 0 bridgehead atoms. The molecule has 4 heterocycles. The van der Waals surface area contributed by atoms with Crippen molar-refractivity contribution in [1.82, 2.24) is 15.2 Å². The number of ether oxygens (including phenoxy) is 1. The van der Waals surface area contributed by atoms with Gasteiger partial charge >= 0.3 is 0 Å². The van der Waals surface area contributed by atoms with E-state index in [4.69, 9.17) is 4.74 Å². The van der Waals surface area contributed by atoms with Crippen LogP contribution in [0.4, 0.5) is 5.69 Å². The lowest BCUT2D eigenvalue weighted by Crippen LogP contribution is -2.44. The van der Waals surface area contributed by atoms with Crippen molar-refractivity contribution in [2.24, 2.45) is 10.5 Å². The number of amides is 1. The molecule has 1 aliphatic carbocycles. The van der Waals surface area contributed by atoms with Gasteiger partial charge in [0.05, 0.1) is 18.7 Å². The molecule has 1 saturated carbocycles. The number of carbonyl (C=O) groups excluding carboxylic acids is 1. The minimum atomic E-state index is -0.0621. The molecule has 3 atom stereocenters. The molecule has 36 heavy (non-hydrogen) atoms. The Morgan fingerprint density at radius 2 is 2.08 bits per heavy atom. The number of hydrogen-bond acceptors (Lipinski definition) is 6. The number of benzene rings is 1. The molecular weight excluding hydrogens is 452 g/mol. The first-order valence-electron chi connectivity index (χ1n) is 13.3. The molecule has 192 valence electrons. The molecule has 0 radical (unpaired) electrons. The molecule has 2 fully saturated rings. The number of hydrogen-bond donors (Lipinski definition) is 2. The number of nitrogens with zero attached hydrogens (tertiary/aromatic N) is 4. The Morgan fingerprint density at radius 1 is 1.25 bits per heavy atom. The molecule has 0 aromatic heterocycles. The summed E-state index contributed by atoms with van der Waals surface area (Å²) >= 11 is 0. The monoisotopic (exact) mass is 490 g/mol. The average Bonchev–Trinajstić information content (AvgIpc) is 3.18. The van der Waals surface area contributed by atoms with Crippen molar-refractivity contribution in [1.29, 1.82) is 5.41 Å². The Hall–Kier alpha value is -2.87. The largest absolute Gasteiger partial charge is 0.384 e. The van der Waals surface area contributed by atoms with Crippen molar-refractivity contribution < 1.29 is 9.53 Å². The fraction of sp³-hybridized carbons (Fsp3) is 0.607. The van der Waals surface area contributed by atoms with Crippen LogP contribution in [-0.2, 0) is 16.0 Å². The van der Waals surface area contributed by atoms with Crippen molar-refractivity contribution >= 4 is 23.6 Å². The van der Waals surface area contributed by atoms with Crippen LogP contribution in [0.15, 0.2) is 34.6 Å². The fourth-order valence-corrected chi connectivity index (χ4v) is 6.43. The summed E-state index contributed by atoms with van der Waals surface area (Å²) in [5.74, 6) is 0.839. The molecule has 5 aliphatic rings. The van der Waals surface area contributed by atoms with Crippen molar-refractivity contribution in [2.45, 2.75) is 64.0 Å². The Labute approximate surface area is 213 Å². The van der Waals surface area contributed by atoms with E-state index >= 15 is 0 Å². The van der Waals surface area contributed by atoms with Gasteiger partial charge in [0.25, 0.3) is 0 Å². The van der Waals surface area contributed by atoms with E-state index in [1.807, 2.05) is 17.0 Å². The number of carbonyl (C=O) groups is 1. The van der Waals surface area contributed by atoms with E-state index in [-0.39, 0.29) is 22.8 Å². The predicted octanol–water partition coefficient (Wildman–Crippen LogP) is 3.09. The number of amidine groups is 1. The van der Waals surface area contributed by atoms with E-state index in [0.717, 1.165) is 62.4 Å². The molecule has 1 aromatic carbocycles. The van der Waals surface area contributed by atoms with E-state index in [0.29, 0.717) is 25.0 Å². The van der Waals surface area contributed by atoms with Crippen molar-refractivity contribution in [3.63, 3.8) is 0 Å². The minimum Gasteiger partial charge on any atom is -0.384 e. The van der Waals surface area contributed by atoms with Gasteiger partial charge in [-0.25, -0.2) is 0 Å². The van der Waals surface area contributed by atoms with Gasteiger partial charge in [-0.15, -0.1) is 0 Å². The summed E-state index contributed by atoms with van der Waals surface area (Å²) in [6.07, 6.45) is 6.00. The highest BCUT2D eigenvalue weighted by molar-refractivity contribution is 6.10. The first-order valence-corrected chi connectivity index (χ1v) is 13.3. The molecule has 1 aromatic rings. The zero-order valence-electron chi connectivity index (χ0n) is 21.9. The van der Waals surface area contributed by atoms with E-state index < -0.39 is 0 Å². The minimum absolute atomic E-state index is 0.0621. The van der Waals surface area contributed by atoms with Crippen molar-refractivity contribution in [3.05, 3.63) is 40.6 Å². The van der Waals surface area contributed by atoms with Crippen LogP contribution in [0.5, 0.6) is 0 Å². The first kappa shape index (κ1) is 23.5. The maximum absolute atomic E-state index is 12.2. The maximum Gasteiger partial charge on any atom is 0.219 e. The third-order valence-electron chi connectivity index (χ3n) is 9.36. The van der Waals surface area contributed by atoms with E-state index in [9.17, 15) is 10.2 Å². The second-order valence-corrected chi connectivity index (χ2v) is 11.8. The Balaban J connectivity index is 1.26. The van der Waals surface area contributed by atoms with Crippen LogP contribution in [0.25, 0.3) is 0 Å². The molecule has 8 heteroatoms. The lowest BCUT2D eigenvalue weighted by Gasteiger charge is -2.34. The zero-order chi connectivity index (χ0) is 25.2. The number of fused-ring (bicyclic) bond motifs is 1. The molecule has 1 amide bonds. The third kappa shape index (κ3) is 3.72. The van der Waals surface area contributed by atoms with Gasteiger partial charge in [0.2, 0.25) is 5.91 Å². The number of rotatable bonds is 4. The Kier molecular flexibility index (Phi) is 5.44. The van der Waals surface area contributed by atoms with Gasteiger partial charge in [-0.1, -0.05) is 12.1 Å². The number of likely N-dealkylation sites (N-methyl/N-ethyl adjacent to an activating group) is 1. The molecule has 1 spiro atoms. The van der Waals surface area contributed by atoms with Crippen molar-refractivity contribution in [3.8, 4) is 0 Å². The van der Waals surface area contributed by atoms with Gasteiger partial charge in [0, 0.05) is 80.6 Å². The summed E-state index contributed by atoms with van der Waals surface area (Å²) < 4.78 is 5.68. The molecule has 6 rings (SSSR count). The summed E-state index contributed by atoms with van der Waals surface area (Å²) in [4.78, 5) is 16.2. The second kappa shape index (κ2) is 8.33. The van der Waals surface area contributed by atoms with E-state index in [2.05, 4.69) is 53.6 Å². The van der Waals surface area contributed by atoms with Gasteiger partial charge in [-0.3, -0.25) is 15.2 Å². The number of hydrazone groups is 1. The molecule has 4 aliphatic heterocycles. The summed E-state index contributed by atoms with van der Waals surface area (Å²) in [5.41, 5.74) is 6.00. The summed E-state index contributed by atoms with van der Waals surface area (Å²) in [6, 6.07) is 7.11. The van der Waals surface area contributed by atoms with Crippen LogP contribution in [0, 0.1) is 10.8 Å². The Bertz CT molecular complexity index is 1160. The van der Waals surface area contributed by atoms with Gasteiger partial charge in [-0.05, 0) is 50.3 Å². The van der Waals surface area contributed by atoms with Crippen LogP contribution in [0.3, 0.4) is 0 Å². The highest BCUT2D eigenvalue weighted by atomic mass is 16.5. The number of nitrogens with one attached hydrogen (secondary N) is 2. The second-order valence-electron chi connectivity index (χ2n) is 11.8. The summed E-state index contributed by atoms with van der Waals surface area (Å²) in [7, 11) is 2.03. The van der Waals surface area contributed by atoms with Gasteiger partial charge in [-0.2, -0.15) is 5.10 Å². The predicted molar refractivity (Wildman–Crippen MR) is 142 cm³/mol. The normalized spacial score (nSPS) is 30.4. The lowest BCUT2D eigenvalue weighted by atomic mass is 9.83. The zero-order valence-corrected chi connectivity index (χ0v) is 21.9. The van der Waals surface area contributed by atoms with Gasteiger partial charge in [0.1, 0.15) is 5.84 Å². The average molecular weight is 491 g/mol. The summed E-state index contributed by atoms with van der Waals surface area (Å²) in [6.45, 7) is 9.77. The van der Waals surface area contributed by atoms with Crippen molar-refractivity contribution in [2.75, 3.05) is 44.8 Å². The molecule has 1 saturated heterocycles. The SMILES string of the molecule is CC(=O)N1CCC(NC2CC23CCOC3)=C(C(=N)N2CCc3cc(C4C=NN(C)C4(C)C)ccc32)C1. The first-order chi connectivity index (χ1) is 17.2. The molecule has 3 unspecified atom stereocenters. The Morgan fingerprint density at radius 3 is 2.78 bits per heavy atom. The van der Waals surface area contributed by atoms with E-state index in [1.165, 1.54) is 11.1 Å². The summed E-state index contributed by atoms with van der Waals surface area (Å²) in [5, 5.41) is 19.7. The lowest BCUT2D eigenvalue weighted by molar-refractivity contribution is -0.128. The third-order valence-corrected chi connectivity index (χ3v) is 9.36. The topological polar surface area (TPSA) is 84.3 Å². The van der Waals surface area contributed by atoms with E-state index in [1.54, 1.807) is 6.92 Å². The van der Waals surface area contributed by atoms with Crippen LogP contribution < -0.4 is 10.2 Å². The molecular formula is C28H38N6O2. The molecule has 2 N–H and O–H groups in total. The maximum atomic E-state index is 12.2. The van der Waals surface area contributed by atoms with Crippen LogP contribution in [0.2, 0.25) is 0 Å². The highest BCUT2D eigenvalue weighted by Crippen LogP contribution is 2.52. The van der Waals surface area contributed by atoms with Crippen LogP contribution >= 0.6 is 0 Å². The number of anilines is 1. The van der Waals surface area contributed by atoms with Gasteiger partial charge < -0.3 is 19.9 Å². The highest BCUT2D eigenvalue weighted by Gasteiger charge is 2.56. The quantitative estimate of drug-likeness (QED) is 0.501. The van der Waals surface area contributed by atoms with Gasteiger partial charge in [0.15, 0.2) is 0 Å². The molecule has 8 nitrogen and oxygen atoms in total. The van der Waals surface area contributed by atoms with Crippen LogP contribution in [-0.4, -0.2) is 79.3 Å². The smallest absolute Gasteiger partial charge is 0.219 e. The van der Waals surface area contributed by atoms with Crippen LogP contribution in [0.1, 0.15) is 57.1 Å². The standard InChI is InChI=1S/C28H38N6O2/c1-18(35)33-10-8-23(31-25-14-28(25)9-12-36-17-28)21(16-33)26(29)34-11-7-20-13-19(5-6-24(20)34)22-15-30-32(4)27(22,2)3/h5-6,13,15,22,25,29,31H,7-12,14,16-17H2,1-4H3.